The standard InChI is InChI=1S/C22H34N4O3/c1-14(2)20-11-19(25-29-20)22(28)24-16-10-18(26(13-16)17-8-9-17)12-23-21(27)15-6-4-3-5-7-15/h11,14-18H,3-10,12-13H2,1-2H3,(H,23,27)(H,24,28)/t16-,18+/m0/s1. The third-order valence-electron chi connectivity index (χ3n) is 6.63. The molecule has 2 saturated carbocycles. The first kappa shape index (κ1) is 20.4. The highest BCUT2D eigenvalue weighted by Gasteiger charge is 2.41. The second kappa shape index (κ2) is 8.86. The summed E-state index contributed by atoms with van der Waals surface area (Å²) in [7, 11) is 0. The molecule has 3 aliphatic rings. The summed E-state index contributed by atoms with van der Waals surface area (Å²) >= 11 is 0. The minimum absolute atomic E-state index is 0.0823. The van der Waals surface area contributed by atoms with Crippen molar-refractivity contribution in [2.75, 3.05) is 13.1 Å². The number of carbonyl (C=O) groups is 2. The minimum atomic E-state index is -0.173. The predicted octanol–water partition coefficient (Wildman–Crippen LogP) is 2.83. The zero-order valence-electron chi connectivity index (χ0n) is 17.7. The van der Waals surface area contributed by atoms with E-state index in [1.165, 1.54) is 32.1 Å². The first-order valence-corrected chi connectivity index (χ1v) is 11.3. The summed E-state index contributed by atoms with van der Waals surface area (Å²) in [5, 5.41) is 10.3. The molecule has 7 nitrogen and oxygen atoms in total. The highest BCUT2D eigenvalue weighted by atomic mass is 16.5. The van der Waals surface area contributed by atoms with Crippen molar-refractivity contribution >= 4 is 11.8 Å². The lowest BCUT2D eigenvalue weighted by Crippen LogP contribution is -2.43. The summed E-state index contributed by atoms with van der Waals surface area (Å²) in [5.74, 6) is 1.17. The van der Waals surface area contributed by atoms with Crippen molar-refractivity contribution in [1.29, 1.82) is 0 Å². The molecule has 0 spiro atoms. The van der Waals surface area contributed by atoms with E-state index in [1.54, 1.807) is 6.07 Å². The largest absolute Gasteiger partial charge is 0.360 e. The van der Waals surface area contributed by atoms with E-state index in [0.717, 1.165) is 31.6 Å². The van der Waals surface area contributed by atoms with Gasteiger partial charge < -0.3 is 15.2 Å². The molecule has 29 heavy (non-hydrogen) atoms. The average molecular weight is 403 g/mol. The fourth-order valence-corrected chi connectivity index (χ4v) is 4.76. The van der Waals surface area contributed by atoms with Gasteiger partial charge in [-0.25, -0.2) is 0 Å². The fraction of sp³-hybridized carbons (Fsp3) is 0.773. The predicted molar refractivity (Wildman–Crippen MR) is 110 cm³/mol. The van der Waals surface area contributed by atoms with E-state index in [1.807, 2.05) is 13.8 Å². The topological polar surface area (TPSA) is 87.5 Å². The van der Waals surface area contributed by atoms with Gasteiger partial charge in [0.05, 0.1) is 0 Å². The zero-order valence-corrected chi connectivity index (χ0v) is 17.7. The van der Waals surface area contributed by atoms with Crippen molar-refractivity contribution in [3.63, 3.8) is 0 Å². The molecule has 1 aliphatic heterocycles. The third kappa shape index (κ3) is 5.00. The molecule has 3 fully saturated rings. The Bertz CT molecular complexity index is 721. The molecule has 2 aliphatic carbocycles. The molecule has 2 heterocycles. The van der Waals surface area contributed by atoms with Crippen LogP contribution in [0.5, 0.6) is 0 Å². The lowest BCUT2D eigenvalue weighted by atomic mass is 9.88. The third-order valence-corrected chi connectivity index (χ3v) is 6.63. The number of nitrogens with one attached hydrogen (secondary N) is 2. The van der Waals surface area contributed by atoms with Gasteiger partial charge in [0.25, 0.3) is 5.91 Å². The van der Waals surface area contributed by atoms with E-state index >= 15 is 0 Å². The summed E-state index contributed by atoms with van der Waals surface area (Å²) in [6.07, 6.45) is 8.95. The van der Waals surface area contributed by atoms with Gasteiger partial charge in [0.1, 0.15) is 5.76 Å². The maximum Gasteiger partial charge on any atom is 0.273 e. The van der Waals surface area contributed by atoms with E-state index in [9.17, 15) is 9.59 Å². The van der Waals surface area contributed by atoms with Crippen LogP contribution in [-0.4, -0.2) is 53.1 Å². The van der Waals surface area contributed by atoms with Gasteiger partial charge in [-0.15, -0.1) is 0 Å². The van der Waals surface area contributed by atoms with Crippen LogP contribution in [0.4, 0.5) is 0 Å². The molecule has 7 heteroatoms. The molecular formula is C22H34N4O3. The van der Waals surface area contributed by atoms with Crippen molar-refractivity contribution in [2.45, 2.75) is 89.3 Å². The number of nitrogens with zero attached hydrogens (tertiary/aromatic N) is 2. The quantitative estimate of drug-likeness (QED) is 0.732. The number of hydrogen-bond acceptors (Lipinski definition) is 5. The van der Waals surface area contributed by atoms with E-state index in [-0.39, 0.29) is 29.7 Å². The van der Waals surface area contributed by atoms with Crippen LogP contribution in [0.25, 0.3) is 0 Å². The Morgan fingerprint density at radius 1 is 1.21 bits per heavy atom. The van der Waals surface area contributed by atoms with Gasteiger partial charge >= 0.3 is 0 Å². The molecule has 4 rings (SSSR count). The Labute approximate surface area is 172 Å². The van der Waals surface area contributed by atoms with E-state index in [2.05, 4.69) is 20.7 Å². The van der Waals surface area contributed by atoms with Crippen molar-refractivity contribution in [1.82, 2.24) is 20.7 Å². The molecule has 2 atom stereocenters. The van der Waals surface area contributed by atoms with Gasteiger partial charge in [-0.05, 0) is 32.1 Å². The van der Waals surface area contributed by atoms with Crippen molar-refractivity contribution in [2.24, 2.45) is 5.92 Å². The summed E-state index contributed by atoms with van der Waals surface area (Å²) in [5.41, 5.74) is 0.348. The van der Waals surface area contributed by atoms with Crippen LogP contribution < -0.4 is 10.6 Å². The number of aromatic nitrogens is 1. The molecule has 1 aromatic rings. The molecule has 0 aromatic carbocycles. The molecule has 0 unspecified atom stereocenters. The van der Waals surface area contributed by atoms with Crippen molar-refractivity contribution in [3.8, 4) is 0 Å². The second-order valence-corrected chi connectivity index (χ2v) is 9.34. The van der Waals surface area contributed by atoms with Gasteiger partial charge in [0.15, 0.2) is 5.69 Å². The highest BCUT2D eigenvalue weighted by Crippen LogP contribution is 2.33. The van der Waals surface area contributed by atoms with Crippen LogP contribution in [-0.2, 0) is 4.79 Å². The van der Waals surface area contributed by atoms with Gasteiger partial charge in [0, 0.05) is 49.1 Å². The van der Waals surface area contributed by atoms with Crippen molar-refractivity contribution in [3.05, 3.63) is 17.5 Å². The highest BCUT2D eigenvalue weighted by molar-refractivity contribution is 5.92. The van der Waals surface area contributed by atoms with Gasteiger partial charge in [-0.3, -0.25) is 14.5 Å². The molecular weight excluding hydrogens is 368 g/mol. The number of hydrogen-bond donors (Lipinski definition) is 2. The molecule has 1 saturated heterocycles. The summed E-state index contributed by atoms with van der Waals surface area (Å²) < 4.78 is 5.26. The molecule has 1 aromatic heterocycles. The number of rotatable bonds is 7. The van der Waals surface area contributed by atoms with Crippen LogP contribution in [0, 0.1) is 5.92 Å². The number of amides is 2. The number of carbonyl (C=O) groups excluding carboxylic acids is 2. The average Bonchev–Trinajstić information content (AvgIpc) is 3.29. The number of likely N-dealkylation sites (tertiary alicyclic amines) is 1. The lowest BCUT2D eigenvalue weighted by Gasteiger charge is -2.26. The molecule has 0 bridgehead atoms. The Balaban J connectivity index is 1.30. The Hall–Kier alpha value is -1.89. The second-order valence-electron chi connectivity index (χ2n) is 9.34. The lowest BCUT2D eigenvalue weighted by molar-refractivity contribution is -0.126. The maximum atomic E-state index is 12.6. The fourth-order valence-electron chi connectivity index (χ4n) is 4.76. The smallest absolute Gasteiger partial charge is 0.273 e. The molecule has 2 amide bonds. The molecule has 2 N–H and O–H groups in total. The van der Waals surface area contributed by atoms with E-state index < -0.39 is 0 Å². The van der Waals surface area contributed by atoms with Gasteiger partial charge in [-0.1, -0.05) is 38.3 Å². The van der Waals surface area contributed by atoms with Crippen LogP contribution in [0.15, 0.2) is 10.6 Å². The van der Waals surface area contributed by atoms with Crippen molar-refractivity contribution < 1.29 is 14.1 Å². The first-order chi connectivity index (χ1) is 14.0. The van der Waals surface area contributed by atoms with Crippen LogP contribution >= 0.6 is 0 Å². The minimum Gasteiger partial charge on any atom is -0.360 e. The summed E-state index contributed by atoms with van der Waals surface area (Å²) in [6.45, 7) is 5.55. The maximum absolute atomic E-state index is 12.6. The van der Waals surface area contributed by atoms with Gasteiger partial charge in [-0.2, -0.15) is 0 Å². The SMILES string of the molecule is CC(C)c1cc(C(=O)N[C@H]2C[C@H](CNC(=O)C3CCCCC3)N(C3CC3)C2)no1. The molecule has 160 valence electrons. The molecule has 0 radical (unpaired) electrons. The first-order valence-electron chi connectivity index (χ1n) is 11.3. The Morgan fingerprint density at radius 2 is 1.97 bits per heavy atom. The van der Waals surface area contributed by atoms with E-state index in [0.29, 0.717) is 24.3 Å². The van der Waals surface area contributed by atoms with Crippen LogP contribution in [0.1, 0.15) is 87.4 Å². The Kier molecular flexibility index (Phi) is 6.23. The van der Waals surface area contributed by atoms with Gasteiger partial charge in [0.2, 0.25) is 5.91 Å². The van der Waals surface area contributed by atoms with Crippen LogP contribution in [0.2, 0.25) is 0 Å². The summed E-state index contributed by atoms with van der Waals surface area (Å²) in [6, 6.07) is 2.71. The zero-order chi connectivity index (χ0) is 20.4. The van der Waals surface area contributed by atoms with E-state index in [4.69, 9.17) is 4.52 Å². The summed E-state index contributed by atoms with van der Waals surface area (Å²) in [4.78, 5) is 27.6. The Morgan fingerprint density at radius 3 is 2.62 bits per heavy atom. The normalized spacial score (nSPS) is 26.0. The monoisotopic (exact) mass is 402 g/mol. The van der Waals surface area contributed by atoms with Crippen LogP contribution in [0.3, 0.4) is 0 Å².